The van der Waals surface area contributed by atoms with E-state index in [0.29, 0.717) is 18.5 Å². The molecule has 100 valence electrons. The lowest BCUT2D eigenvalue weighted by atomic mass is 9.91. The van der Waals surface area contributed by atoms with Crippen LogP contribution in [0, 0.1) is 0 Å². The second-order valence-corrected chi connectivity index (χ2v) is 6.02. The predicted octanol–water partition coefficient (Wildman–Crippen LogP) is 2.33. The van der Waals surface area contributed by atoms with Crippen molar-refractivity contribution in [2.45, 2.75) is 50.6 Å². The molecule has 1 amide bonds. The Bertz CT molecular complexity index is 356. The Morgan fingerprint density at radius 3 is 2.67 bits per heavy atom. The van der Waals surface area contributed by atoms with E-state index in [2.05, 4.69) is 22.1 Å². The normalized spacial score (nSPS) is 23.8. The van der Waals surface area contributed by atoms with Crippen LogP contribution in [0.4, 0.5) is 0 Å². The summed E-state index contributed by atoms with van der Waals surface area (Å²) in [5, 5.41) is 8.54. The summed E-state index contributed by atoms with van der Waals surface area (Å²) in [4.78, 5) is 13.1. The van der Waals surface area contributed by atoms with E-state index in [1.54, 1.807) is 11.3 Å². The topological polar surface area (TPSA) is 41.1 Å². The third-order valence-electron chi connectivity index (χ3n) is 3.68. The zero-order valence-corrected chi connectivity index (χ0v) is 11.8. The summed E-state index contributed by atoms with van der Waals surface area (Å²) < 4.78 is 0. The molecule has 0 unspecified atom stereocenters. The van der Waals surface area contributed by atoms with E-state index in [1.807, 2.05) is 13.1 Å². The van der Waals surface area contributed by atoms with Crippen LogP contribution < -0.4 is 10.6 Å². The molecule has 1 fully saturated rings. The minimum absolute atomic E-state index is 0.205. The lowest BCUT2D eigenvalue weighted by Crippen LogP contribution is -2.41. The minimum atomic E-state index is 0.205. The van der Waals surface area contributed by atoms with Crippen molar-refractivity contribution in [2.75, 3.05) is 7.05 Å². The van der Waals surface area contributed by atoms with E-state index in [9.17, 15) is 4.79 Å². The molecule has 3 nitrogen and oxygen atoms in total. The van der Waals surface area contributed by atoms with Crippen LogP contribution in [0.25, 0.3) is 0 Å². The smallest absolute Gasteiger partial charge is 0.220 e. The summed E-state index contributed by atoms with van der Waals surface area (Å²) in [6, 6.07) is 5.17. The Balaban J connectivity index is 1.65. The number of nitrogens with one attached hydrogen (secondary N) is 2. The van der Waals surface area contributed by atoms with E-state index in [4.69, 9.17) is 0 Å². The van der Waals surface area contributed by atoms with Gasteiger partial charge in [0.05, 0.1) is 0 Å². The fourth-order valence-electron chi connectivity index (χ4n) is 2.52. The van der Waals surface area contributed by atoms with Crippen molar-refractivity contribution in [1.82, 2.24) is 10.6 Å². The van der Waals surface area contributed by atoms with E-state index in [1.165, 1.54) is 17.7 Å². The Morgan fingerprint density at radius 1 is 1.33 bits per heavy atom. The van der Waals surface area contributed by atoms with E-state index in [0.717, 1.165) is 19.3 Å². The number of amides is 1. The first-order chi connectivity index (χ1) is 8.78. The predicted molar refractivity (Wildman–Crippen MR) is 75.9 cm³/mol. The maximum atomic E-state index is 11.8. The van der Waals surface area contributed by atoms with Gasteiger partial charge < -0.3 is 10.6 Å². The molecule has 1 aromatic rings. The van der Waals surface area contributed by atoms with Crippen LogP contribution in [-0.4, -0.2) is 25.0 Å². The molecular formula is C14H22N2OS. The molecule has 4 heteroatoms. The van der Waals surface area contributed by atoms with Gasteiger partial charge in [0.1, 0.15) is 0 Å². The Labute approximate surface area is 113 Å². The quantitative estimate of drug-likeness (QED) is 0.859. The van der Waals surface area contributed by atoms with Gasteiger partial charge in [-0.05, 0) is 50.6 Å². The van der Waals surface area contributed by atoms with Crippen LogP contribution in [-0.2, 0) is 11.2 Å². The lowest BCUT2D eigenvalue weighted by Gasteiger charge is -2.28. The molecule has 0 saturated heterocycles. The van der Waals surface area contributed by atoms with Crippen LogP contribution >= 0.6 is 11.3 Å². The molecule has 1 heterocycles. The monoisotopic (exact) mass is 266 g/mol. The summed E-state index contributed by atoms with van der Waals surface area (Å²) in [6.45, 7) is 0. The Kier molecular flexibility index (Phi) is 5.20. The van der Waals surface area contributed by atoms with Gasteiger partial charge in [-0.3, -0.25) is 4.79 Å². The molecule has 0 aromatic carbocycles. The number of hydrogen-bond donors (Lipinski definition) is 2. The highest BCUT2D eigenvalue weighted by atomic mass is 32.1. The van der Waals surface area contributed by atoms with Crippen molar-refractivity contribution in [1.29, 1.82) is 0 Å². The first-order valence-corrected chi connectivity index (χ1v) is 7.65. The van der Waals surface area contributed by atoms with Crippen LogP contribution in [0.5, 0.6) is 0 Å². The maximum Gasteiger partial charge on any atom is 0.220 e. The van der Waals surface area contributed by atoms with Crippen molar-refractivity contribution in [3.63, 3.8) is 0 Å². The van der Waals surface area contributed by atoms with Gasteiger partial charge in [-0.1, -0.05) is 6.07 Å². The largest absolute Gasteiger partial charge is 0.353 e. The fourth-order valence-corrected chi connectivity index (χ4v) is 3.23. The van der Waals surface area contributed by atoms with Gasteiger partial charge in [0.15, 0.2) is 0 Å². The molecule has 0 radical (unpaired) electrons. The van der Waals surface area contributed by atoms with Gasteiger partial charge in [0, 0.05) is 23.4 Å². The highest BCUT2D eigenvalue weighted by Gasteiger charge is 2.20. The molecule has 0 aliphatic heterocycles. The second-order valence-electron chi connectivity index (χ2n) is 4.98. The average molecular weight is 266 g/mol. The highest BCUT2D eigenvalue weighted by Crippen LogP contribution is 2.18. The van der Waals surface area contributed by atoms with Gasteiger partial charge >= 0.3 is 0 Å². The van der Waals surface area contributed by atoms with Crippen LogP contribution in [0.1, 0.15) is 37.0 Å². The lowest BCUT2D eigenvalue weighted by molar-refractivity contribution is -0.122. The Morgan fingerprint density at radius 2 is 2.06 bits per heavy atom. The molecule has 18 heavy (non-hydrogen) atoms. The zero-order valence-electron chi connectivity index (χ0n) is 10.9. The molecule has 0 atom stereocenters. The van der Waals surface area contributed by atoms with Crippen molar-refractivity contribution < 1.29 is 4.79 Å². The van der Waals surface area contributed by atoms with Gasteiger partial charge in [-0.2, -0.15) is 0 Å². The molecule has 2 N–H and O–H groups in total. The SMILES string of the molecule is CNC1CCC(NC(=O)CCc2cccs2)CC1. The third-order valence-corrected chi connectivity index (χ3v) is 4.62. The number of hydrogen-bond acceptors (Lipinski definition) is 3. The van der Waals surface area contributed by atoms with Crippen LogP contribution in [0.15, 0.2) is 17.5 Å². The van der Waals surface area contributed by atoms with Gasteiger partial charge in [-0.25, -0.2) is 0 Å². The number of aryl methyl sites for hydroxylation is 1. The number of carbonyl (C=O) groups excluding carboxylic acids is 1. The van der Waals surface area contributed by atoms with Crippen LogP contribution in [0.3, 0.4) is 0 Å². The number of thiophene rings is 1. The summed E-state index contributed by atoms with van der Waals surface area (Å²) in [5.41, 5.74) is 0. The van der Waals surface area contributed by atoms with Gasteiger partial charge in [0.2, 0.25) is 5.91 Å². The van der Waals surface area contributed by atoms with Crippen molar-refractivity contribution in [2.24, 2.45) is 0 Å². The van der Waals surface area contributed by atoms with E-state index in [-0.39, 0.29) is 5.91 Å². The van der Waals surface area contributed by atoms with Gasteiger partial charge in [-0.15, -0.1) is 11.3 Å². The third kappa shape index (κ3) is 4.10. The van der Waals surface area contributed by atoms with Crippen molar-refractivity contribution >= 4 is 17.2 Å². The number of carbonyl (C=O) groups is 1. The molecule has 1 aliphatic carbocycles. The zero-order chi connectivity index (χ0) is 12.8. The van der Waals surface area contributed by atoms with Gasteiger partial charge in [0.25, 0.3) is 0 Å². The molecule has 2 rings (SSSR count). The van der Waals surface area contributed by atoms with Crippen molar-refractivity contribution in [3.05, 3.63) is 22.4 Å². The first kappa shape index (κ1) is 13.6. The summed E-state index contributed by atoms with van der Waals surface area (Å²) in [6.07, 6.45) is 6.05. The summed E-state index contributed by atoms with van der Waals surface area (Å²) in [5.74, 6) is 0.205. The second kappa shape index (κ2) is 6.90. The maximum absolute atomic E-state index is 11.8. The standard InChI is InChI=1S/C14H22N2OS/c1-15-11-4-6-12(7-5-11)16-14(17)9-8-13-3-2-10-18-13/h2-3,10-12,15H,4-9H2,1H3,(H,16,17). The minimum Gasteiger partial charge on any atom is -0.353 e. The molecule has 1 aromatic heterocycles. The first-order valence-electron chi connectivity index (χ1n) is 6.77. The average Bonchev–Trinajstić information content (AvgIpc) is 2.90. The van der Waals surface area contributed by atoms with Crippen LogP contribution in [0.2, 0.25) is 0 Å². The summed E-state index contributed by atoms with van der Waals surface area (Å²) in [7, 11) is 2.02. The van der Waals surface area contributed by atoms with E-state index >= 15 is 0 Å². The summed E-state index contributed by atoms with van der Waals surface area (Å²) >= 11 is 1.73. The Hall–Kier alpha value is -0.870. The molecule has 1 aliphatic rings. The number of rotatable bonds is 5. The highest BCUT2D eigenvalue weighted by molar-refractivity contribution is 7.09. The molecule has 0 spiro atoms. The molecule has 1 saturated carbocycles. The van der Waals surface area contributed by atoms with E-state index < -0.39 is 0 Å². The van der Waals surface area contributed by atoms with Crippen molar-refractivity contribution in [3.8, 4) is 0 Å². The fraction of sp³-hybridized carbons (Fsp3) is 0.643. The molecule has 0 bridgehead atoms. The molecular weight excluding hydrogens is 244 g/mol.